The molecule has 0 fully saturated rings. The first-order valence-electron chi connectivity index (χ1n) is 5.46. The molecule has 1 heterocycles. The quantitative estimate of drug-likeness (QED) is 0.817. The van der Waals surface area contributed by atoms with Gasteiger partial charge in [0.15, 0.2) is 0 Å². The van der Waals surface area contributed by atoms with Crippen LogP contribution in [0, 0.1) is 0 Å². The second-order valence-electron chi connectivity index (χ2n) is 4.05. The van der Waals surface area contributed by atoms with E-state index in [0.29, 0.717) is 13.0 Å². The largest absolute Gasteiger partial charge is 0.388 e. The van der Waals surface area contributed by atoms with Crippen LogP contribution in [0.25, 0.3) is 0 Å². The summed E-state index contributed by atoms with van der Waals surface area (Å²) in [7, 11) is 0. The average Bonchev–Trinajstić information content (AvgIpc) is 2.26. The van der Waals surface area contributed by atoms with E-state index < -0.39 is 5.60 Å². The molecule has 1 aromatic rings. The summed E-state index contributed by atoms with van der Waals surface area (Å²) in [4.78, 5) is 8.55. The van der Waals surface area contributed by atoms with Gasteiger partial charge in [0.25, 0.3) is 0 Å². The molecule has 0 bridgehead atoms. The lowest BCUT2D eigenvalue weighted by Gasteiger charge is -2.22. The third-order valence-corrected chi connectivity index (χ3v) is 2.88. The summed E-state index contributed by atoms with van der Waals surface area (Å²) in [5.74, 6) is 1.53. The predicted molar refractivity (Wildman–Crippen MR) is 68.5 cm³/mol. The van der Waals surface area contributed by atoms with Crippen molar-refractivity contribution in [3.05, 3.63) is 16.5 Å². The van der Waals surface area contributed by atoms with Crippen molar-refractivity contribution in [1.82, 2.24) is 9.97 Å². The topological polar surface area (TPSA) is 58.0 Å². The second-order valence-corrected chi connectivity index (χ2v) is 4.86. The van der Waals surface area contributed by atoms with E-state index in [1.807, 2.05) is 19.9 Å². The molecular formula is C11H18BrN3O. The Morgan fingerprint density at radius 1 is 1.44 bits per heavy atom. The van der Waals surface area contributed by atoms with Crippen molar-refractivity contribution in [3.63, 3.8) is 0 Å². The highest BCUT2D eigenvalue weighted by atomic mass is 79.9. The first-order chi connectivity index (χ1) is 7.46. The summed E-state index contributed by atoms with van der Waals surface area (Å²) < 4.78 is 0.762. The maximum atomic E-state index is 9.86. The number of aromatic nitrogens is 2. The van der Waals surface area contributed by atoms with Gasteiger partial charge in [-0.2, -0.15) is 0 Å². The highest BCUT2D eigenvalue weighted by Gasteiger charge is 2.17. The number of halogens is 1. The summed E-state index contributed by atoms with van der Waals surface area (Å²) in [6.07, 6.45) is 1.49. The molecule has 0 radical (unpaired) electrons. The zero-order valence-corrected chi connectivity index (χ0v) is 11.5. The van der Waals surface area contributed by atoms with Crippen molar-refractivity contribution in [2.75, 3.05) is 11.9 Å². The summed E-state index contributed by atoms with van der Waals surface area (Å²) in [5.41, 5.74) is -0.705. The van der Waals surface area contributed by atoms with E-state index in [2.05, 4.69) is 31.2 Å². The van der Waals surface area contributed by atoms with Gasteiger partial charge in [0.05, 0.1) is 5.60 Å². The molecule has 0 spiro atoms. The van der Waals surface area contributed by atoms with Crippen molar-refractivity contribution in [2.45, 2.75) is 39.2 Å². The number of nitrogens with one attached hydrogen (secondary N) is 1. The van der Waals surface area contributed by atoms with Gasteiger partial charge in [-0.25, -0.2) is 9.97 Å². The maximum absolute atomic E-state index is 9.86. The molecule has 1 rings (SSSR count). The Morgan fingerprint density at radius 3 is 2.69 bits per heavy atom. The van der Waals surface area contributed by atoms with E-state index in [4.69, 9.17) is 0 Å². The average molecular weight is 288 g/mol. The Labute approximate surface area is 105 Å². The predicted octanol–water partition coefficient (Wildman–Crippen LogP) is 2.37. The Morgan fingerprint density at radius 2 is 2.12 bits per heavy atom. The lowest BCUT2D eigenvalue weighted by atomic mass is 10.0. The Kier molecular flexibility index (Phi) is 4.68. The highest BCUT2D eigenvalue weighted by molar-refractivity contribution is 9.10. The fourth-order valence-electron chi connectivity index (χ4n) is 1.12. The van der Waals surface area contributed by atoms with Gasteiger partial charge in [0, 0.05) is 19.0 Å². The third kappa shape index (κ3) is 4.06. The standard InChI is InChI=1S/C11H18BrN3O/c1-4-9-14-8(12)6-10(15-9)13-7-11(3,16)5-2/h6,16H,4-5,7H2,1-3H3,(H,13,14,15). The first kappa shape index (κ1) is 13.4. The van der Waals surface area contributed by atoms with E-state index in [-0.39, 0.29) is 0 Å². The van der Waals surface area contributed by atoms with Gasteiger partial charge in [-0.1, -0.05) is 13.8 Å². The van der Waals surface area contributed by atoms with E-state index in [1.165, 1.54) is 0 Å². The molecule has 4 nitrogen and oxygen atoms in total. The SMILES string of the molecule is CCc1nc(Br)cc(NCC(C)(O)CC)n1. The number of hydrogen-bond donors (Lipinski definition) is 2. The van der Waals surface area contributed by atoms with Crippen molar-refractivity contribution in [3.8, 4) is 0 Å². The fraction of sp³-hybridized carbons (Fsp3) is 0.636. The van der Waals surface area contributed by atoms with Crippen LogP contribution in [-0.2, 0) is 6.42 Å². The van der Waals surface area contributed by atoms with Gasteiger partial charge in [0.2, 0.25) is 0 Å². The van der Waals surface area contributed by atoms with Crippen LogP contribution in [0.5, 0.6) is 0 Å². The summed E-state index contributed by atoms with van der Waals surface area (Å²) >= 11 is 3.34. The molecule has 2 N–H and O–H groups in total. The Balaban J connectivity index is 2.70. The van der Waals surface area contributed by atoms with E-state index in [0.717, 1.165) is 22.7 Å². The van der Waals surface area contributed by atoms with Crippen LogP contribution in [0.2, 0.25) is 0 Å². The number of anilines is 1. The molecule has 0 aliphatic carbocycles. The van der Waals surface area contributed by atoms with E-state index in [9.17, 15) is 5.11 Å². The molecular weight excluding hydrogens is 270 g/mol. The van der Waals surface area contributed by atoms with E-state index in [1.54, 1.807) is 6.92 Å². The number of rotatable bonds is 5. The van der Waals surface area contributed by atoms with Crippen molar-refractivity contribution < 1.29 is 5.11 Å². The smallest absolute Gasteiger partial charge is 0.131 e. The molecule has 1 unspecified atom stereocenters. The first-order valence-corrected chi connectivity index (χ1v) is 6.26. The molecule has 0 aromatic carbocycles. The van der Waals surface area contributed by atoms with Crippen LogP contribution in [0.1, 0.15) is 33.0 Å². The van der Waals surface area contributed by atoms with Crippen LogP contribution in [0.4, 0.5) is 5.82 Å². The zero-order valence-electron chi connectivity index (χ0n) is 9.92. The van der Waals surface area contributed by atoms with Crippen LogP contribution >= 0.6 is 15.9 Å². The van der Waals surface area contributed by atoms with Gasteiger partial charge in [-0.05, 0) is 29.3 Å². The molecule has 0 amide bonds. The van der Waals surface area contributed by atoms with Crippen molar-refractivity contribution in [2.24, 2.45) is 0 Å². The normalized spacial score (nSPS) is 14.6. The van der Waals surface area contributed by atoms with Crippen LogP contribution in [0.3, 0.4) is 0 Å². The Hall–Kier alpha value is -0.680. The fourth-order valence-corrected chi connectivity index (χ4v) is 1.54. The van der Waals surface area contributed by atoms with Crippen molar-refractivity contribution in [1.29, 1.82) is 0 Å². The lowest BCUT2D eigenvalue weighted by Crippen LogP contribution is -2.32. The molecule has 90 valence electrons. The van der Waals surface area contributed by atoms with Gasteiger partial charge in [-0.15, -0.1) is 0 Å². The molecule has 16 heavy (non-hydrogen) atoms. The lowest BCUT2D eigenvalue weighted by molar-refractivity contribution is 0.0696. The minimum absolute atomic E-state index is 0.482. The molecule has 5 heteroatoms. The van der Waals surface area contributed by atoms with Gasteiger partial charge in [0.1, 0.15) is 16.2 Å². The molecule has 0 saturated heterocycles. The zero-order chi connectivity index (χ0) is 12.2. The van der Waals surface area contributed by atoms with E-state index >= 15 is 0 Å². The second kappa shape index (κ2) is 5.59. The molecule has 0 saturated carbocycles. The molecule has 0 aliphatic rings. The minimum atomic E-state index is -0.705. The maximum Gasteiger partial charge on any atom is 0.131 e. The number of aliphatic hydroxyl groups is 1. The summed E-state index contributed by atoms with van der Waals surface area (Å²) in [6.45, 7) is 6.25. The Bertz CT molecular complexity index is 355. The van der Waals surface area contributed by atoms with Crippen LogP contribution in [-0.4, -0.2) is 27.2 Å². The molecule has 0 aliphatic heterocycles. The summed E-state index contributed by atoms with van der Waals surface area (Å²) in [6, 6.07) is 1.81. The van der Waals surface area contributed by atoms with Gasteiger partial charge in [-0.3, -0.25) is 0 Å². The third-order valence-electron chi connectivity index (χ3n) is 2.47. The van der Waals surface area contributed by atoms with Crippen molar-refractivity contribution >= 4 is 21.7 Å². The number of nitrogens with zero attached hydrogens (tertiary/aromatic N) is 2. The van der Waals surface area contributed by atoms with Gasteiger partial charge < -0.3 is 10.4 Å². The summed E-state index contributed by atoms with van der Waals surface area (Å²) in [5, 5.41) is 13.0. The number of hydrogen-bond acceptors (Lipinski definition) is 4. The highest BCUT2D eigenvalue weighted by Crippen LogP contribution is 2.15. The van der Waals surface area contributed by atoms with Crippen LogP contribution < -0.4 is 5.32 Å². The van der Waals surface area contributed by atoms with Gasteiger partial charge >= 0.3 is 0 Å². The minimum Gasteiger partial charge on any atom is -0.388 e. The number of aryl methyl sites for hydroxylation is 1. The molecule has 1 atom stereocenters. The monoisotopic (exact) mass is 287 g/mol. The molecule has 1 aromatic heterocycles. The van der Waals surface area contributed by atoms with Crippen LogP contribution in [0.15, 0.2) is 10.7 Å².